The Labute approximate surface area is 379 Å². The van der Waals surface area contributed by atoms with Crippen molar-refractivity contribution in [3.63, 3.8) is 0 Å². The molecule has 0 saturated carbocycles. The number of aliphatic hydroxyl groups is 1. The number of nitrogens with one attached hydrogen (secondary N) is 1. The molecule has 0 radical (unpaired) electrons. The van der Waals surface area contributed by atoms with E-state index in [2.05, 4.69) is 43.5 Å². The van der Waals surface area contributed by atoms with Crippen molar-refractivity contribution in [2.45, 2.75) is 257 Å². The maximum absolute atomic E-state index is 12.4. The number of unbranched alkanes of at least 4 members (excludes halogenated alkanes) is 30. The lowest BCUT2D eigenvalue weighted by molar-refractivity contribution is -0.147. The normalized spacial score (nSPS) is 13.7. The van der Waals surface area contributed by atoms with E-state index in [-0.39, 0.29) is 12.8 Å². The van der Waals surface area contributed by atoms with Gasteiger partial charge in [0.2, 0.25) is 5.91 Å². The minimum absolute atomic E-state index is 0.150. The minimum Gasteiger partial charge on any atom is -0.480 e. The summed E-state index contributed by atoms with van der Waals surface area (Å²) in [6.45, 7) is 2.61. The molecule has 3 unspecified atom stereocenters. The third-order valence-corrected chi connectivity index (χ3v) is 12.2. The standard InChI is InChI=1S/C50H94NO10P/c1-3-5-7-9-11-13-15-17-19-21-23-25-27-29-31-33-35-37-39-41-48(53)51-47(50(55)56)45-61-62(57,58)60-44-46(52)43-59-49(54)42-40-38-36-34-32-30-28-26-24-22-20-18-16-14-12-10-8-6-4-2/h12,14,18,20,46-47,52H,3-11,13,15-17,19,21-45H2,1-2H3,(H,51,53)(H,55,56)(H,57,58)/b14-12-,20-18-. The molecule has 4 N–H and O–H groups in total. The lowest BCUT2D eigenvalue weighted by Crippen LogP contribution is -2.43. The maximum atomic E-state index is 12.4. The van der Waals surface area contributed by atoms with E-state index in [0.29, 0.717) is 12.8 Å². The van der Waals surface area contributed by atoms with E-state index in [1.54, 1.807) is 0 Å². The first-order chi connectivity index (χ1) is 30.1. The lowest BCUT2D eigenvalue weighted by Gasteiger charge is -2.18. The van der Waals surface area contributed by atoms with Crippen molar-refractivity contribution in [2.24, 2.45) is 0 Å². The molecule has 0 aromatic rings. The number of phosphoric acid groups is 1. The molecule has 0 aliphatic carbocycles. The molecule has 364 valence electrons. The summed E-state index contributed by atoms with van der Waals surface area (Å²) in [5, 5.41) is 21.9. The zero-order valence-corrected chi connectivity index (χ0v) is 40.6. The SMILES string of the molecule is CCCCC/C=C\C/C=C\CCCCCCCCCCCC(=O)OCC(O)COP(=O)(O)OCC(NC(=O)CCCCCCCCCCCCCCCCCCCCC)C(=O)O. The topological polar surface area (TPSA) is 169 Å². The van der Waals surface area contributed by atoms with Crippen LogP contribution in [0.15, 0.2) is 24.3 Å². The Bertz CT molecular complexity index is 1150. The van der Waals surface area contributed by atoms with Crippen LogP contribution in [-0.2, 0) is 32.7 Å². The summed E-state index contributed by atoms with van der Waals surface area (Å²) in [5.41, 5.74) is 0. The molecule has 0 saturated heterocycles. The third kappa shape index (κ3) is 44.6. The van der Waals surface area contributed by atoms with Gasteiger partial charge in [-0.1, -0.05) is 212 Å². The van der Waals surface area contributed by atoms with Crippen LogP contribution >= 0.6 is 7.82 Å². The monoisotopic (exact) mass is 900 g/mol. The highest BCUT2D eigenvalue weighted by atomic mass is 31.2. The molecular weight excluding hydrogens is 806 g/mol. The molecule has 0 aromatic heterocycles. The summed E-state index contributed by atoms with van der Waals surface area (Å²) in [7, 11) is -4.76. The van der Waals surface area contributed by atoms with Gasteiger partial charge in [-0.05, 0) is 44.9 Å². The van der Waals surface area contributed by atoms with Crippen LogP contribution in [0.5, 0.6) is 0 Å². The van der Waals surface area contributed by atoms with E-state index < -0.39 is 57.6 Å². The van der Waals surface area contributed by atoms with Crippen molar-refractivity contribution in [1.29, 1.82) is 0 Å². The van der Waals surface area contributed by atoms with Gasteiger partial charge in [-0.3, -0.25) is 18.6 Å². The molecule has 0 heterocycles. The second-order valence-corrected chi connectivity index (χ2v) is 18.8. The minimum atomic E-state index is -4.76. The van der Waals surface area contributed by atoms with Gasteiger partial charge in [0.05, 0.1) is 13.2 Å². The molecule has 0 spiro atoms. The summed E-state index contributed by atoms with van der Waals surface area (Å²) in [4.78, 5) is 46.1. The van der Waals surface area contributed by atoms with Crippen LogP contribution in [-0.4, -0.2) is 64.9 Å². The Morgan fingerprint density at radius 1 is 0.516 bits per heavy atom. The number of allylic oxidation sites excluding steroid dienone is 4. The Hall–Kier alpha value is -2.04. The van der Waals surface area contributed by atoms with Crippen LogP contribution in [0.3, 0.4) is 0 Å². The molecular formula is C50H94NO10P. The molecule has 0 rings (SSSR count). The number of ether oxygens (including phenoxy) is 1. The number of carboxylic acids is 1. The molecule has 0 aliphatic heterocycles. The quantitative estimate of drug-likeness (QED) is 0.0200. The molecule has 62 heavy (non-hydrogen) atoms. The summed E-state index contributed by atoms with van der Waals surface area (Å²) < 4.78 is 26.9. The zero-order valence-electron chi connectivity index (χ0n) is 39.7. The predicted octanol–water partition coefficient (Wildman–Crippen LogP) is 13.8. The molecule has 0 aliphatic rings. The average Bonchev–Trinajstić information content (AvgIpc) is 3.25. The van der Waals surface area contributed by atoms with Crippen LogP contribution in [0.4, 0.5) is 0 Å². The van der Waals surface area contributed by atoms with Crippen LogP contribution in [0, 0.1) is 0 Å². The summed E-state index contributed by atoms with van der Waals surface area (Å²) in [6, 6.07) is -1.54. The van der Waals surface area contributed by atoms with Crippen LogP contribution < -0.4 is 5.32 Å². The fourth-order valence-corrected chi connectivity index (χ4v) is 8.06. The van der Waals surface area contributed by atoms with E-state index >= 15 is 0 Å². The largest absolute Gasteiger partial charge is 0.480 e. The van der Waals surface area contributed by atoms with Crippen molar-refractivity contribution in [3.8, 4) is 0 Å². The number of hydrogen-bond donors (Lipinski definition) is 4. The van der Waals surface area contributed by atoms with Crippen molar-refractivity contribution < 1.29 is 47.8 Å². The van der Waals surface area contributed by atoms with E-state index in [1.165, 1.54) is 154 Å². The first-order valence-corrected chi connectivity index (χ1v) is 26.9. The molecule has 1 amide bonds. The highest BCUT2D eigenvalue weighted by molar-refractivity contribution is 7.47. The van der Waals surface area contributed by atoms with Crippen molar-refractivity contribution in [2.75, 3.05) is 19.8 Å². The van der Waals surface area contributed by atoms with Gasteiger partial charge < -0.3 is 25.2 Å². The average molecular weight is 900 g/mol. The fraction of sp³-hybridized carbons (Fsp3) is 0.860. The van der Waals surface area contributed by atoms with Crippen molar-refractivity contribution in [3.05, 3.63) is 24.3 Å². The number of aliphatic hydroxyl groups excluding tert-OH is 1. The number of carbonyl (C=O) groups is 3. The Morgan fingerprint density at radius 2 is 0.887 bits per heavy atom. The van der Waals surface area contributed by atoms with Gasteiger partial charge in [-0.25, -0.2) is 9.36 Å². The van der Waals surface area contributed by atoms with Crippen LogP contribution in [0.1, 0.15) is 245 Å². The van der Waals surface area contributed by atoms with Gasteiger partial charge in [0, 0.05) is 12.8 Å². The van der Waals surface area contributed by atoms with Gasteiger partial charge in [0.1, 0.15) is 12.7 Å². The van der Waals surface area contributed by atoms with Crippen molar-refractivity contribution >= 4 is 25.7 Å². The van der Waals surface area contributed by atoms with Gasteiger partial charge in [0.25, 0.3) is 0 Å². The van der Waals surface area contributed by atoms with Crippen LogP contribution in [0.2, 0.25) is 0 Å². The Balaban J connectivity index is 3.81. The zero-order chi connectivity index (χ0) is 45.6. The first kappa shape index (κ1) is 60.0. The van der Waals surface area contributed by atoms with Gasteiger partial charge in [-0.15, -0.1) is 0 Å². The van der Waals surface area contributed by atoms with Crippen molar-refractivity contribution in [1.82, 2.24) is 5.32 Å². The second-order valence-electron chi connectivity index (χ2n) is 17.4. The number of phosphoric ester groups is 1. The Kier molecular flexibility index (Phi) is 44.0. The van der Waals surface area contributed by atoms with Gasteiger partial charge >= 0.3 is 19.8 Å². The fourth-order valence-electron chi connectivity index (χ4n) is 7.29. The van der Waals surface area contributed by atoms with Crippen LogP contribution in [0.25, 0.3) is 0 Å². The van der Waals surface area contributed by atoms with E-state index in [1.807, 2.05) is 0 Å². The maximum Gasteiger partial charge on any atom is 0.472 e. The molecule has 11 nitrogen and oxygen atoms in total. The van der Waals surface area contributed by atoms with E-state index in [0.717, 1.165) is 51.4 Å². The number of esters is 1. The number of hydrogen-bond acceptors (Lipinski definition) is 8. The number of rotatable bonds is 48. The first-order valence-electron chi connectivity index (χ1n) is 25.4. The summed E-state index contributed by atoms with van der Waals surface area (Å²) in [5.74, 6) is -2.36. The highest BCUT2D eigenvalue weighted by Crippen LogP contribution is 2.43. The van der Waals surface area contributed by atoms with Gasteiger partial charge in [0.15, 0.2) is 6.04 Å². The molecule has 0 bridgehead atoms. The lowest BCUT2D eigenvalue weighted by atomic mass is 10.0. The highest BCUT2D eigenvalue weighted by Gasteiger charge is 2.28. The number of aliphatic carboxylic acids is 1. The van der Waals surface area contributed by atoms with E-state index in [9.17, 15) is 34.1 Å². The smallest absolute Gasteiger partial charge is 0.472 e. The number of carbonyl (C=O) groups excluding carboxylic acids is 2. The summed E-state index contributed by atoms with van der Waals surface area (Å²) in [6.07, 6.45) is 49.1. The van der Waals surface area contributed by atoms with Gasteiger partial charge in [-0.2, -0.15) is 0 Å². The number of carboxylic acid groups (broad SMARTS) is 1. The van der Waals surface area contributed by atoms with E-state index in [4.69, 9.17) is 13.8 Å². The Morgan fingerprint density at radius 3 is 1.34 bits per heavy atom. The molecule has 0 aromatic carbocycles. The summed E-state index contributed by atoms with van der Waals surface area (Å²) >= 11 is 0. The third-order valence-electron chi connectivity index (χ3n) is 11.2. The second kappa shape index (κ2) is 45.5. The molecule has 3 atom stereocenters. The molecule has 12 heteroatoms. The number of amides is 1. The predicted molar refractivity (Wildman–Crippen MR) is 254 cm³/mol. The molecule has 0 fully saturated rings.